The van der Waals surface area contributed by atoms with Gasteiger partial charge in [0.15, 0.2) is 0 Å². The summed E-state index contributed by atoms with van der Waals surface area (Å²) in [6, 6.07) is 3.38. The van der Waals surface area contributed by atoms with Gasteiger partial charge in [-0.3, -0.25) is 9.59 Å². The van der Waals surface area contributed by atoms with Gasteiger partial charge in [-0.2, -0.15) is 0 Å². The molecule has 0 bridgehead atoms. The van der Waals surface area contributed by atoms with Crippen molar-refractivity contribution in [3.05, 3.63) is 23.9 Å². The fraction of sp³-hybridized carbons (Fsp3) is 0.462. The third-order valence-electron chi connectivity index (χ3n) is 2.65. The van der Waals surface area contributed by atoms with E-state index in [1.807, 2.05) is 20.1 Å². The molecule has 19 heavy (non-hydrogen) atoms. The zero-order chi connectivity index (χ0) is 14.4. The van der Waals surface area contributed by atoms with E-state index in [0.717, 1.165) is 0 Å². The maximum absolute atomic E-state index is 12.5. The van der Waals surface area contributed by atoms with E-state index in [0.29, 0.717) is 10.6 Å². The Bertz CT molecular complexity index is 463. The van der Waals surface area contributed by atoms with Crippen LogP contribution in [0.25, 0.3) is 0 Å². The first-order valence-corrected chi connectivity index (χ1v) is 7.21. The molecular formula is C13H18N2O3S. The summed E-state index contributed by atoms with van der Waals surface area (Å²) in [7, 11) is 0. The van der Waals surface area contributed by atoms with Crippen LogP contribution in [0.2, 0.25) is 0 Å². The van der Waals surface area contributed by atoms with Crippen LogP contribution in [0, 0.1) is 0 Å². The van der Waals surface area contributed by atoms with Crippen molar-refractivity contribution in [2.45, 2.75) is 31.3 Å². The summed E-state index contributed by atoms with van der Waals surface area (Å²) in [6.45, 7) is 3.94. The number of carbonyl (C=O) groups is 2. The average molecular weight is 282 g/mol. The number of thioether (sulfide) groups is 1. The highest BCUT2D eigenvalue weighted by Crippen LogP contribution is 2.19. The Morgan fingerprint density at radius 2 is 2.16 bits per heavy atom. The normalized spacial score (nSPS) is 10.5. The van der Waals surface area contributed by atoms with Gasteiger partial charge in [-0.25, -0.2) is 4.98 Å². The van der Waals surface area contributed by atoms with Gasteiger partial charge in [0, 0.05) is 18.8 Å². The molecule has 104 valence electrons. The Morgan fingerprint density at radius 1 is 1.47 bits per heavy atom. The molecule has 0 saturated heterocycles. The highest BCUT2D eigenvalue weighted by Gasteiger charge is 2.22. The van der Waals surface area contributed by atoms with Gasteiger partial charge < -0.3 is 10.0 Å². The average Bonchev–Trinajstić information content (AvgIpc) is 2.37. The van der Waals surface area contributed by atoms with Gasteiger partial charge in [0.25, 0.3) is 5.91 Å². The molecule has 1 heterocycles. The smallest absolute Gasteiger partial charge is 0.305 e. The fourth-order valence-electron chi connectivity index (χ4n) is 1.68. The SMILES string of the molecule is CSc1ncccc1C(=O)N(CCC(=O)O)C(C)C. The van der Waals surface area contributed by atoms with Crippen LogP contribution < -0.4 is 0 Å². The van der Waals surface area contributed by atoms with Crippen molar-refractivity contribution in [1.82, 2.24) is 9.88 Å². The first kappa shape index (κ1) is 15.5. The van der Waals surface area contributed by atoms with Gasteiger partial charge in [0.1, 0.15) is 5.03 Å². The Hall–Kier alpha value is -1.56. The molecule has 0 aromatic carbocycles. The molecule has 0 saturated carbocycles. The molecule has 0 aliphatic rings. The van der Waals surface area contributed by atoms with Crippen LogP contribution in [-0.4, -0.2) is 45.7 Å². The summed E-state index contributed by atoms with van der Waals surface area (Å²) < 4.78 is 0. The molecule has 1 N–H and O–H groups in total. The third kappa shape index (κ3) is 4.24. The number of aliphatic carboxylic acids is 1. The number of pyridine rings is 1. The van der Waals surface area contributed by atoms with E-state index in [1.54, 1.807) is 23.2 Å². The van der Waals surface area contributed by atoms with Gasteiger partial charge in [-0.15, -0.1) is 11.8 Å². The number of nitrogens with zero attached hydrogens (tertiary/aromatic N) is 2. The van der Waals surface area contributed by atoms with E-state index < -0.39 is 5.97 Å². The van der Waals surface area contributed by atoms with Crippen LogP contribution in [0.1, 0.15) is 30.6 Å². The molecule has 0 unspecified atom stereocenters. The Kier molecular flexibility index (Phi) is 5.82. The van der Waals surface area contributed by atoms with Crippen molar-refractivity contribution in [3.8, 4) is 0 Å². The third-order valence-corrected chi connectivity index (χ3v) is 3.36. The van der Waals surface area contributed by atoms with E-state index in [9.17, 15) is 9.59 Å². The maximum atomic E-state index is 12.5. The number of carboxylic acids is 1. The van der Waals surface area contributed by atoms with E-state index in [2.05, 4.69) is 4.98 Å². The number of amides is 1. The molecular weight excluding hydrogens is 264 g/mol. The van der Waals surface area contributed by atoms with E-state index in [1.165, 1.54) is 11.8 Å². The molecule has 1 aromatic heterocycles. The molecule has 0 fully saturated rings. The molecule has 0 spiro atoms. The highest BCUT2D eigenvalue weighted by atomic mass is 32.2. The number of hydrogen-bond acceptors (Lipinski definition) is 4. The zero-order valence-electron chi connectivity index (χ0n) is 11.3. The lowest BCUT2D eigenvalue weighted by Crippen LogP contribution is -2.38. The summed E-state index contributed by atoms with van der Waals surface area (Å²) in [5, 5.41) is 9.40. The predicted octanol–water partition coefficient (Wildman–Crippen LogP) is 2.13. The monoisotopic (exact) mass is 282 g/mol. The maximum Gasteiger partial charge on any atom is 0.305 e. The largest absolute Gasteiger partial charge is 0.481 e. The summed E-state index contributed by atoms with van der Waals surface area (Å²) in [6.07, 6.45) is 3.44. The lowest BCUT2D eigenvalue weighted by molar-refractivity contribution is -0.137. The summed E-state index contributed by atoms with van der Waals surface area (Å²) in [5.74, 6) is -1.08. The minimum Gasteiger partial charge on any atom is -0.481 e. The summed E-state index contributed by atoms with van der Waals surface area (Å²) in [5.41, 5.74) is 0.522. The van der Waals surface area contributed by atoms with Crippen LogP contribution in [0.5, 0.6) is 0 Å². The van der Waals surface area contributed by atoms with Crippen LogP contribution in [0.15, 0.2) is 23.4 Å². The Morgan fingerprint density at radius 3 is 2.68 bits per heavy atom. The minimum atomic E-state index is -0.908. The van der Waals surface area contributed by atoms with Crippen molar-refractivity contribution < 1.29 is 14.7 Å². The second kappa shape index (κ2) is 7.13. The standard InChI is InChI=1S/C13H18N2O3S/c1-9(2)15(8-6-11(16)17)13(18)10-5-4-7-14-12(10)19-3/h4-5,7,9H,6,8H2,1-3H3,(H,16,17). The van der Waals surface area contributed by atoms with E-state index in [-0.39, 0.29) is 24.9 Å². The van der Waals surface area contributed by atoms with Crippen molar-refractivity contribution >= 4 is 23.6 Å². The van der Waals surface area contributed by atoms with E-state index >= 15 is 0 Å². The first-order valence-electron chi connectivity index (χ1n) is 5.99. The van der Waals surface area contributed by atoms with Crippen LogP contribution in [0.3, 0.4) is 0 Å². The first-order chi connectivity index (χ1) is 8.97. The lowest BCUT2D eigenvalue weighted by Gasteiger charge is -2.26. The molecule has 0 aliphatic heterocycles. The lowest BCUT2D eigenvalue weighted by atomic mass is 10.2. The molecule has 6 heteroatoms. The number of aromatic nitrogens is 1. The van der Waals surface area contributed by atoms with Crippen LogP contribution in [0.4, 0.5) is 0 Å². The second-order valence-corrected chi connectivity index (χ2v) is 5.09. The van der Waals surface area contributed by atoms with Crippen LogP contribution in [-0.2, 0) is 4.79 Å². The molecule has 0 atom stereocenters. The molecule has 0 radical (unpaired) electrons. The number of hydrogen-bond donors (Lipinski definition) is 1. The van der Waals surface area contributed by atoms with E-state index in [4.69, 9.17) is 5.11 Å². The van der Waals surface area contributed by atoms with Gasteiger partial charge in [0.2, 0.25) is 0 Å². The number of carboxylic acid groups (broad SMARTS) is 1. The molecule has 5 nitrogen and oxygen atoms in total. The van der Waals surface area contributed by atoms with Gasteiger partial charge in [-0.05, 0) is 32.2 Å². The Balaban J connectivity index is 2.95. The Labute approximate surface area is 117 Å². The van der Waals surface area contributed by atoms with Gasteiger partial charge >= 0.3 is 5.97 Å². The number of carbonyl (C=O) groups excluding carboxylic acids is 1. The van der Waals surface area contributed by atoms with Crippen molar-refractivity contribution in [2.24, 2.45) is 0 Å². The zero-order valence-corrected chi connectivity index (χ0v) is 12.1. The molecule has 1 aromatic rings. The topological polar surface area (TPSA) is 70.5 Å². The van der Waals surface area contributed by atoms with Crippen molar-refractivity contribution in [3.63, 3.8) is 0 Å². The van der Waals surface area contributed by atoms with Crippen LogP contribution >= 0.6 is 11.8 Å². The molecule has 1 rings (SSSR count). The second-order valence-electron chi connectivity index (χ2n) is 4.30. The van der Waals surface area contributed by atoms with Gasteiger partial charge in [-0.1, -0.05) is 0 Å². The fourth-order valence-corrected chi connectivity index (χ4v) is 2.22. The predicted molar refractivity (Wildman–Crippen MR) is 74.4 cm³/mol. The molecule has 0 aliphatic carbocycles. The number of rotatable bonds is 6. The van der Waals surface area contributed by atoms with Crippen molar-refractivity contribution in [1.29, 1.82) is 0 Å². The quantitative estimate of drug-likeness (QED) is 0.809. The summed E-state index contributed by atoms with van der Waals surface area (Å²) in [4.78, 5) is 28.8. The highest BCUT2D eigenvalue weighted by molar-refractivity contribution is 7.98. The van der Waals surface area contributed by atoms with Crippen molar-refractivity contribution in [2.75, 3.05) is 12.8 Å². The summed E-state index contributed by atoms with van der Waals surface area (Å²) >= 11 is 1.40. The molecule has 1 amide bonds. The van der Waals surface area contributed by atoms with Gasteiger partial charge in [0.05, 0.1) is 12.0 Å². The minimum absolute atomic E-state index is 0.0539.